The lowest BCUT2D eigenvalue weighted by atomic mass is 9.97. The summed E-state index contributed by atoms with van der Waals surface area (Å²) >= 11 is 1.24. The normalized spacial score (nSPS) is 18.9. The molecule has 1 aliphatic rings. The molecule has 0 radical (unpaired) electrons. The third kappa shape index (κ3) is 3.86. The molecule has 142 valence electrons. The van der Waals surface area contributed by atoms with Crippen LogP contribution in [0.2, 0.25) is 0 Å². The first-order chi connectivity index (χ1) is 12.7. The van der Waals surface area contributed by atoms with E-state index < -0.39 is 40.2 Å². The molecule has 0 saturated carbocycles. The topological polar surface area (TPSA) is 66.4 Å². The molecular weight excluding hydrogens is 379 g/mol. The molecule has 0 spiro atoms. The van der Waals surface area contributed by atoms with Crippen LogP contribution in [0, 0.1) is 17.5 Å². The number of aliphatic hydroxyl groups is 1. The maximum Gasteiger partial charge on any atom is 0.251 e. The van der Waals surface area contributed by atoms with E-state index in [1.54, 1.807) is 19.1 Å². The molecule has 0 aliphatic carbocycles. The minimum Gasteiger partial charge on any atom is -0.394 e. The number of rotatable bonds is 4. The van der Waals surface area contributed by atoms with Crippen molar-refractivity contribution in [2.45, 2.75) is 29.5 Å². The van der Waals surface area contributed by atoms with Crippen LogP contribution in [0.4, 0.5) is 13.2 Å². The number of hydrogen-bond donors (Lipinski definition) is 2. The molecule has 27 heavy (non-hydrogen) atoms. The molecule has 1 heterocycles. The Balaban J connectivity index is 1.76. The van der Waals surface area contributed by atoms with Crippen molar-refractivity contribution < 1.29 is 27.9 Å². The highest BCUT2D eigenvalue weighted by Crippen LogP contribution is 2.41. The number of benzene rings is 2. The predicted octanol–water partition coefficient (Wildman–Crippen LogP) is 3.00. The van der Waals surface area contributed by atoms with Gasteiger partial charge in [0.15, 0.2) is 5.78 Å². The van der Waals surface area contributed by atoms with Crippen LogP contribution in [0.5, 0.6) is 0 Å². The zero-order valence-electron chi connectivity index (χ0n) is 14.3. The smallest absolute Gasteiger partial charge is 0.251 e. The molecule has 1 aliphatic heterocycles. The number of carbonyl (C=O) groups is 2. The van der Waals surface area contributed by atoms with Crippen LogP contribution in [0.3, 0.4) is 0 Å². The Bertz CT molecular complexity index is 911. The van der Waals surface area contributed by atoms with E-state index in [9.17, 15) is 27.9 Å². The van der Waals surface area contributed by atoms with E-state index in [1.165, 1.54) is 17.8 Å². The highest BCUT2D eigenvalue weighted by molar-refractivity contribution is 8.01. The van der Waals surface area contributed by atoms with E-state index in [0.29, 0.717) is 17.7 Å². The van der Waals surface area contributed by atoms with Crippen molar-refractivity contribution >= 4 is 23.5 Å². The van der Waals surface area contributed by atoms with E-state index in [-0.39, 0.29) is 24.4 Å². The van der Waals surface area contributed by atoms with Crippen LogP contribution in [-0.2, 0) is 17.8 Å². The van der Waals surface area contributed by atoms with Crippen molar-refractivity contribution in [2.75, 3.05) is 6.61 Å². The summed E-state index contributed by atoms with van der Waals surface area (Å²) in [5.41, 5.74) is 0.451. The molecule has 0 bridgehead atoms. The highest BCUT2D eigenvalue weighted by Gasteiger charge is 2.38. The number of halogens is 3. The summed E-state index contributed by atoms with van der Waals surface area (Å²) in [4.78, 5) is 25.3. The quantitative estimate of drug-likeness (QED) is 0.835. The molecule has 8 heteroatoms. The van der Waals surface area contributed by atoms with Crippen molar-refractivity contribution in [3.63, 3.8) is 0 Å². The Hall–Kier alpha value is -2.32. The molecule has 1 unspecified atom stereocenters. The van der Waals surface area contributed by atoms with Gasteiger partial charge < -0.3 is 10.4 Å². The Morgan fingerprint density at radius 2 is 1.89 bits per heavy atom. The Morgan fingerprint density at radius 3 is 2.52 bits per heavy atom. The van der Waals surface area contributed by atoms with E-state index in [1.807, 2.05) is 0 Å². The van der Waals surface area contributed by atoms with Crippen molar-refractivity contribution in [3.05, 3.63) is 64.5 Å². The van der Waals surface area contributed by atoms with Gasteiger partial charge in [0.05, 0.1) is 11.4 Å². The number of hydrogen-bond acceptors (Lipinski definition) is 4. The predicted molar refractivity (Wildman–Crippen MR) is 94.0 cm³/mol. The van der Waals surface area contributed by atoms with Crippen molar-refractivity contribution in [3.8, 4) is 0 Å². The van der Waals surface area contributed by atoms with Gasteiger partial charge in [0.2, 0.25) is 0 Å². The average molecular weight is 395 g/mol. The number of amides is 1. The van der Waals surface area contributed by atoms with Crippen LogP contribution in [-0.4, -0.2) is 28.2 Å². The number of ketones is 1. The summed E-state index contributed by atoms with van der Waals surface area (Å²) in [7, 11) is 0. The van der Waals surface area contributed by atoms with Gasteiger partial charge in [0, 0.05) is 41.1 Å². The van der Waals surface area contributed by atoms with Crippen molar-refractivity contribution in [1.82, 2.24) is 5.32 Å². The lowest BCUT2D eigenvalue weighted by Crippen LogP contribution is -2.39. The van der Waals surface area contributed by atoms with Gasteiger partial charge in [0.1, 0.15) is 17.5 Å². The number of Topliss-reactive ketones (excluding diaryl/α,β-unsaturated/α-hetero) is 1. The molecule has 1 amide bonds. The molecule has 4 nitrogen and oxygen atoms in total. The van der Waals surface area contributed by atoms with Crippen LogP contribution < -0.4 is 5.32 Å². The average Bonchev–Trinajstić information content (AvgIpc) is 2.61. The summed E-state index contributed by atoms with van der Waals surface area (Å²) in [6, 6.07) is 5.85. The van der Waals surface area contributed by atoms with Gasteiger partial charge in [0.25, 0.3) is 5.91 Å². The van der Waals surface area contributed by atoms with Crippen molar-refractivity contribution in [2.24, 2.45) is 0 Å². The number of thioether (sulfide) groups is 1. The first-order valence-electron chi connectivity index (χ1n) is 8.11. The Kier molecular flexibility index (Phi) is 5.30. The first-order valence-corrected chi connectivity index (χ1v) is 8.93. The SMILES string of the molecule is CC1(CO)Sc2ccc(C(=O)NCc3c(F)cc(F)cc3F)cc2CC1=O. The second-order valence-electron chi connectivity index (χ2n) is 6.44. The van der Waals surface area contributed by atoms with Gasteiger partial charge in [-0.1, -0.05) is 0 Å². The van der Waals surface area contributed by atoms with Gasteiger partial charge >= 0.3 is 0 Å². The van der Waals surface area contributed by atoms with E-state index >= 15 is 0 Å². The largest absolute Gasteiger partial charge is 0.394 e. The standard InChI is InChI=1S/C19H16F3NO3S/c1-19(9-24)17(25)5-11-4-10(2-3-16(11)27-19)18(26)23-8-13-14(21)6-12(20)7-15(13)22/h2-4,6-7,24H,5,8-9H2,1H3,(H,23,26). The van der Waals surface area contributed by atoms with Gasteiger partial charge in [-0.2, -0.15) is 0 Å². The third-order valence-corrected chi connectivity index (χ3v) is 5.86. The summed E-state index contributed by atoms with van der Waals surface area (Å²) in [5.74, 6) is -3.91. The summed E-state index contributed by atoms with van der Waals surface area (Å²) in [6.07, 6.45) is 0.0851. The summed E-state index contributed by atoms with van der Waals surface area (Å²) in [5, 5.41) is 11.8. The molecular formula is C19H16F3NO3S. The van der Waals surface area contributed by atoms with Crippen LogP contribution in [0.1, 0.15) is 28.4 Å². The second-order valence-corrected chi connectivity index (χ2v) is 7.99. The lowest BCUT2D eigenvalue weighted by molar-refractivity contribution is -0.121. The first kappa shape index (κ1) is 19.4. The Morgan fingerprint density at radius 1 is 1.22 bits per heavy atom. The maximum atomic E-state index is 13.6. The molecule has 0 aromatic heterocycles. The zero-order chi connectivity index (χ0) is 19.8. The Labute approximate surface area is 157 Å². The lowest BCUT2D eigenvalue weighted by Gasteiger charge is -2.31. The maximum absolute atomic E-state index is 13.6. The molecule has 0 fully saturated rings. The molecule has 2 N–H and O–H groups in total. The molecule has 0 saturated heterocycles. The van der Waals surface area contributed by atoms with E-state index in [4.69, 9.17) is 0 Å². The molecule has 3 rings (SSSR count). The van der Waals surface area contributed by atoms with Crippen LogP contribution >= 0.6 is 11.8 Å². The molecule has 1 atom stereocenters. The number of fused-ring (bicyclic) bond motifs is 1. The monoisotopic (exact) mass is 395 g/mol. The van der Waals surface area contributed by atoms with E-state index in [0.717, 1.165) is 4.90 Å². The summed E-state index contributed by atoms with van der Waals surface area (Å²) < 4.78 is 39.3. The molecule has 2 aromatic carbocycles. The van der Waals surface area contributed by atoms with Gasteiger partial charge in [-0.25, -0.2) is 13.2 Å². The van der Waals surface area contributed by atoms with Crippen LogP contribution in [0.25, 0.3) is 0 Å². The van der Waals surface area contributed by atoms with Gasteiger partial charge in [-0.3, -0.25) is 9.59 Å². The van der Waals surface area contributed by atoms with Gasteiger partial charge in [-0.05, 0) is 30.7 Å². The fourth-order valence-corrected chi connectivity index (χ4v) is 3.88. The zero-order valence-corrected chi connectivity index (χ0v) is 15.1. The highest BCUT2D eigenvalue weighted by atomic mass is 32.2. The summed E-state index contributed by atoms with van der Waals surface area (Å²) in [6.45, 7) is 0.937. The number of nitrogens with one attached hydrogen (secondary N) is 1. The number of carbonyl (C=O) groups excluding carboxylic acids is 2. The van der Waals surface area contributed by atoms with E-state index in [2.05, 4.69) is 5.32 Å². The fraction of sp³-hybridized carbons (Fsp3) is 0.263. The van der Waals surface area contributed by atoms with Crippen molar-refractivity contribution in [1.29, 1.82) is 0 Å². The number of aliphatic hydroxyl groups excluding tert-OH is 1. The minimum absolute atomic E-state index is 0.0851. The van der Waals surface area contributed by atoms with Gasteiger partial charge in [-0.15, -0.1) is 11.8 Å². The minimum atomic E-state index is -1.08. The third-order valence-electron chi connectivity index (χ3n) is 4.43. The molecule has 2 aromatic rings. The second kappa shape index (κ2) is 7.36. The fourth-order valence-electron chi connectivity index (χ4n) is 2.75. The van der Waals surface area contributed by atoms with Crippen LogP contribution in [0.15, 0.2) is 35.2 Å².